The van der Waals surface area contributed by atoms with E-state index in [1.807, 2.05) is 48.2 Å². The van der Waals surface area contributed by atoms with Crippen molar-refractivity contribution in [3.63, 3.8) is 0 Å². The standard InChI is InChI=1S/C20H24ClN3O3/c1-14(23-20(25)26-2)3-4-16-10-22-24(11-16)12-17-7-8-18(9-19(17)21)27-13-15-5-6-15/h3-4,7-11,14-15H,5-6,12-13H2,1-2H3,(H,23,25)/t14-/m0/s1. The molecule has 144 valence electrons. The van der Waals surface area contributed by atoms with Gasteiger partial charge < -0.3 is 14.8 Å². The molecule has 1 amide bonds. The van der Waals surface area contributed by atoms with Gasteiger partial charge >= 0.3 is 6.09 Å². The van der Waals surface area contributed by atoms with Crippen molar-refractivity contribution in [2.75, 3.05) is 13.7 Å². The molecule has 1 N–H and O–H groups in total. The first-order valence-electron chi connectivity index (χ1n) is 9.00. The van der Waals surface area contributed by atoms with Crippen molar-refractivity contribution in [2.24, 2.45) is 5.92 Å². The topological polar surface area (TPSA) is 65.4 Å². The van der Waals surface area contributed by atoms with Crippen LogP contribution in [0.2, 0.25) is 5.02 Å². The van der Waals surface area contributed by atoms with Crippen LogP contribution in [0.25, 0.3) is 6.08 Å². The molecule has 1 aromatic carbocycles. The van der Waals surface area contributed by atoms with Crippen LogP contribution < -0.4 is 10.1 Å². The fourth-order valence-corrected chi connectivity index (χ4v) is 2.75. The molecule has 1 aliphatic carbocycles. The summed E-state index contributed by atoms with van der Waals surface area (Å²) >= 11 is 6.39. The monoisotopic (exact) mass is 389 g/mol. The average molecular weight is 390 g/mol. The number of carbonyl (C=O) groups is 1. The zero-order valence-electron chi connectivity index (χ0n) is 15.5. The van der Waals surface area contributed by atoms with Crippen molar-refractivity contribution in [3.05, 3.63) is 52.8 Å². The van der Waals surface area contributed by atoms with Gasteiger partial charge in [0.05, 0.1) is 26.5 Å². The first-order chi connectivity index (χ1) is 13.0. The molecule has 6 nitrogen and oxygen atoms in total. The van der Waals surface area contributed by atoms with Crippen LogP contribution in [0.4, 0.5) is 4.79 Å². The van der Waals surface area contributed by atoms with Gasteiger partial charge in [-0.25, -0.2) is 4.79 Å². The number of halogens is 1. The SMILES string of the molecule is COC(=O)N[C@@H](C)C=Cc1cnn(Cc2ccc(OCC3CC3)cc2Cl)c1. The van der Waals surface area contributed by atoms with E-state index >= 15 is 0 Å². The maximum atomic E-state index is 11.2. The van der Waals surface area contributed by atoms with Crippen molar-refractivity contribution >= 4 is 23.8 Å². The molecule has 1 atom stereocenters. The molecule has 0 unspecified atom stereocenters. The van der Waals surface area contributed by atoms with Gasteiger partial charge in [0.2, 0.25) is 0 Å². The second kappa shape index (κ2) is 8.95. The zero-order chi connectivity index (χ0) is 19.2. The van der Waals surface area contributed by atoms with E-state index in [4.69, 9.17) is 16.3 Å². The van der Waals surface area contributed by atoms with Crippen molar-refractivity contribution < 1.29 is 14.3 Å². The molecule has 0 saturated heterocycles. The molecular formula is C20H24ClN3O3. The fraction of sp³-hybridized carbons (Fsp3) is 0.400. The highest BCUT2D eigenvalue weighted by molar-refractivity contribution is 6.31. The Labute approximate surface area is 164 Å². The number of amides is 1. The van der Waals surface area contributed by atoms with Crippen LogP contribution >= 0.6 is 11.6 Å². The van der Waals surface area contributed by atoms with Gasteiger partial charge in [0.25, 0.3) is 0 Å². The molecule has 0 spiro atoms. The molecule has 0 bridgehead atoms. The summed E-state index contributed by atoms with van der Waals surface area (Å²) in [5.41, 5.74) is 1.92. The Hall–Kier alpha value is -2.47. The van der Waals surface area contributed by atoms with E-state index in [0.717, 1.165) is 23.5 Å². The van der Waals surface area contributed by atoms with E-state index in [1.165, 1.54) is 20.0 Å². The highest BCUT2D eigenvalue weighted by Crippen LogP contribution is 2.30. The highest BCUT2D eigenvalue weighted by Gasteiger charge is 2.22. The van der Waals surface area contributed by atoms with Gasteiger partial charge in [0, 0.05) is 22.8 Å². The van der Waals surface area contributed by atoms with Gasteiger partial charge in [0.15, 0.2) is 0 Å². The summed E-state index contributed by atoms with van der Waals surface area (Å²) in [6, 6.07) is 5.65. The van der Waals surface area contributed by atoms with Crippen LogP contribution in [0.5, 0.6) is 5.75 Å². The summed E-state index contributed by atoms with van der Waals surface area (Å²) in [5, 5.41) is 7.71. The van der Waals surface area contributed by atoms with Crippen LogP contribution in [0, 0.1) is 5.92 Å². The van der Waals surface area contributed by atoms with Crippen molar-refractivity contribution in [2.45, 2.75) is 32.4 Å². The van der Waals surface area contributed by atoms with Crippen LogP contribution in [-0.2, 0) is 11.3 Å². The van der Waals surface area contributed by atoms with E-state index < -0.39 is 6.09 Å². The smallest absolute Gasteiger partial charge is 0.407 e. The van der Waals surface area contributed by atoms with E-state index in [0.29, 0.717) is 17.5 Å². The number of benzene rings is 1. The van der Waals surface area contributed by atoms with E-state index in [-0.39, 0.29) is 6.04 Å². The van der Waals surface area contributed by atoms with Gasteiger partial charge in [-0.05, 0) is 43.4 Å². The summed E-state index contributed by atoms with van der Waals surface area (Å²) < 4.78 is 12.1. The minimum absolute atomic E-state index is 0.140. The second-order valence-electron chi connectivity index (χ2n) is 6.76. The molecule has 3 rings (SSSR count). The van der Waals surface area contributed by atoms with Crippen LogP contribution in [-0.4, -0.2) is 35.6 Å². The number of hydrogen-bond acceptors (Lipinski definition) is 4. The van der Waals surface area contributed by atoms with Gasteiger partial charge in [-0.3, -0.25) is 4.68 Å². The molecular weight excluding hydrogens is 366 g/mol. The summed E-state index contributed by atoms with van der Waals surface area (Å²) in [6.07, 6.45) is 9.54. The predicted octanol–water partition coefficient (Wildman–Crippen LogP) is 4.13. The summed E-state index contributed by atoms with van der Waals surface area (Å²) in [7, 11) is 1.34. The fourth-order valence-electron chi connectivity index (χ4n) is 2.52. The Morgan fingerprint density at radius 3 is 3.00 bits per heavy atom. The number of alkyl carbamates (subject to hydrolysis) is 1. The van der Waals surface area contributed by atoms with Gasteiger partial charge in [-0.2, -0.15) is 5.10 Å². The largest absolute Gasteiger partial charge is 0.493 e. The number of nitrogens with zero attached hydrogens (tertiary/aromatic N) is 2. The molecule has 1 saturated carbocycles. The second-order valence-corrected chi connectivity index (χ2v) is 7.17. The molecule has 1 aromatic heterocycles. The number of carbonyl (C=O) groups excluding carboxylic acids is 1. The Morgan fingerprint density at radius 2 is 2.30 bits per heavy atom. The summed E-state index contributed by atoms with van der Waals surface area (Å²) in [5.74, 6) is 1.52. The average Bonchev–Trinajstić information content (AvgIpc) is 3.38. The maximum absolute atomic E-state index is 11.2. The predicted molar refractivity (Wildman–Crippen MR) is 105 cm³/mol. The Balaban J connectivity index is 1.55. The minimum Gasteiger partial charge on any atom is -0.493 e. The number of rotatable bonds is 8. The van der Waals surface area contributed by atoms with E-state index in [1.54, 1.807) is 6.20 Å². The van der Waals surface area contributed by atoms with Crippen LogP contribution in [0.3, 0.4) is 0 Å². The first-order valence-corrected chi connectivity index (χ1v) is 9.37. The van der Waals surface area contributed by atoms with Crippen molar-refractivity contribution in [3.8, 4) is 5.75 Å². The molecule has 1 heterocycles. The third-order valence-electron chi connectivity index (χ3n) is 4.30. The minimum atomic E-state index is -0.456. The van der Waals surface area contributed by atoms with Crippen LogP contribution in [0.1, 0.15) is 30.9 Å². The third kappa shape index (κ3) is 6.03. The van der Waals surface area contributed by atoms with E-state index in [2.05, 4.69) is 15.2 Å². The molecule has 1 fully saturated rings. The van der Waals surface area contributed by atoms with Gasteiger partial charge in [-0.15, -0.1) is 0 Å². The normalized spacial score (nSPS) is 14.9. The lowest BCUT2D eigenvalue weighted by atomic mass is 10.2. The van der Waals surface area contributed by atoms with Gasteiger partial charge in [-0.1, -0.05) is 29.8 Å². The van der Waals surface area contributed by atoms with E-state index in [9.17, 15) is 4.79 Å². The number of aromatic nitrogens is 2. The summed E-state index contributed by atoms with van der Waals surface area (Å²) in [4.78, 5) is 11.2. The molecule has 0 radical (unpaired) electrons. The zero-order valence-corrected chi connectivity index (χ0v) is 16.3. The first kappa shape index (κ1) is 19.3. The van der Waals surface area contributed by atoms with Crippen molar-refractivity contribution in [1.82, 2.24) is 15.1 Å². The highest BCUT2D eigenvalue weighted by atomic mass is 35.5. The number of hydrogen-bond donors (Lipinski definition) is 1. The summed E-state index contributed by atoms with van der Waals surface area (Å²) in [6.45, 7) is 3.21. The molecule has 27 heavy (non-hydrogen) atoms. The Bertz CT molecular complexity index is 815. The van der Waals surface area contributed by atoms with Crippen LogP contribution in [0.15, 0.2) is 36.7 Å². The third-order valence-corrected chi connectivity index (χ3v) is 4.65. The number of methoxy groups -OCH3 is 1. The quantitative estimate of drug-likeness (QED) is 0.737. The molecule has 0 aliphatic heterocycles. The van der Waals surface area contributed by atoms with Crippen molar-refractivity contribution in [1.29, 1.82) is 0 Å². The lowest BCUT2D eigenvalue weighted by Gasteiger charge is -2.09. The molecule has 1 aliphatic rings. The number of nitrogens with one attached hydrogen (secondary N) is 1. The maximum Gasteiger partial charge on any atom is 0.407 e. The lowest BCUT2D eigenvalue weighted by molar-refractivity contribution is 0.169. The Morgan fingerprint density at radius 1 is 1.48 bits per heavy atom. The Kier molecular flexibility index (Phi) is 6.40. The number of ether oxygens (including phenoxy) is 2. The molecule has 2 aromatic rings. The lowest BCUT2D eigenvalue weighted by Crippen LogP contribution is -2.30. The van der Waals surface area contributed by atoms with Gasteiger partial charge in [0.1, 0.15) is 5.75 Å². The molecule has 7 heteroatoms.